The van der Waals surface area contributed by atoms with Crippen LogP contribution in [0.5, 0.6) is 0 Å². The Hall–Kier alpha value is -1.53. The molecular formula is C12H6ClF3O2S. The molecule has 0 unspecified atom stereocenters. The van der Waals surface area contributed by atoms with E-state index in [1.54, 1.807) is 0 Å². The van der Waals surface area contributed by atoms with Gasteiger partial charge in [-0.3, -0.25) is 0 Å². The fourth-order valence-electron chi connectivity index (χ4n) is 1.63. The van der Waals surface area contributed by atoms with Crippen molar-refractivity contribution in [2.75, 3.05) is 0 Å². The zero-order chi connectivity index (χ0) is 14.2. The van der Waals surface area contributed by atoms with Gasteiger partial charge in [-0.25, -0.2) is 21.6 Å². The van der Waals surface area contributed by atoms with Gasteiger partial charge in [-0.1, -0.05) is 18.2 Å². The minimum atomic E-state index is -4.08. The van der Waals surface area contributed by atoms with Crippen LogP contribution >= 0.6 is 10.7 Å². The Morgan fingerprint density at radius 3 is 2.00 bits per heavy atom. The molecule has 0 aliphatic carbocycles. The van der Waals surface area contributed by atoms with Gasteiger partial charge in [0, 0.05) is 16.2 Å². The van der Waals surface area contributed by atoms with Gasteiger partial charge in [0.1, 0.15) is 0 Å². The average Bonchev–Trinajstić information content (AvgIpc) is 2.34. The van der Waals surface area contributed by atoms with Gasteiger partial charge in [0.2, 0.25) is 0 Å². The first-order valence-electron chi connectivity index (χ1n) is 4.99. The lowest BCUT2D eigenvalue weighted by Gasteiger charge is -2.07. The normalized spacial score (nSPS) is 11.6. The Morgan fingerprint density at radius 2 is 1.47 bits per heavy atom. The monoisotopic (exact) mass is 306 g/mol. The van der Waals surface area contributed by atoms with E-state index in [1.807, 2.05) is 0 Å². The molecule has 0 atom stereocenters. The Labute approximate surface area is 111 Å². The maximum absolute atomic E-state index is 13.2. The minimum absolute atomic E-state index is 0.00435. The predicted octanol–water partition coefficient (Wildman–Crippen LogP) is 3.70. The van der Waals surface area contributed by atoms with Crippen LogP contribution in [0.15, 0.2) is 41.3 Å². The molecule has 19 heavy (non-hydrogen) atoms. The van der Waals surface area contributed by atoms with Crippen molar-refractivity contribution < 1.29 is 21.6 Å². The molecule has 0 aromatic heterocycles. The third kappa shape index (κ3) is 2.74. The molecule has 0 aliphatic rings. The molecule has 0 bridgehead atoms. The maximum atomic E-state index is 13.2. The standard InChI is InChI=1S/C12H6ClF3O2S/c13-19(17,18)11-4-2-1-3-8(11)7-5-9(14)12(16)10(15)6-7/h1-6H. The Kier molecular flexibility index (Phi) is 3.56. The van der Waals surface area contributed by atoms with Gasteiger partial charge >= 0.3 is 0 Å². The Balaban J connectivity index is 2.74. The number of halogens is 4. The van der Waals surface area contributed by atoms with Crippen LogP contribution in [-0.2, 0) is 9.05 Å². The van der Waals surface area contributed by atoms with Gasteiger partial charge in [0.15, 0.2) is 17.5 Å². The highest BCUT2D eigenvalue weighted by Gasteiger charge is 2.19. The molecule has 0 saturated heterocycles. The van der Waals surface area contributed by atoms with E-state index in [-0.39, 0.29) is 16.0 Å². The zero-order valence-electron chi connectivity index (χ0n) is 9.20. The number of hydrogen-bond donors (Lipinski definition) is 0. The number of rotatable bonds is 2. The maximum Gasteiger partial charge on any atom is 0.261 e. The van der Waals surface area contributed by atoms with Gasteiger partial charge in [0.05, 0.1) is 4.90 Å². The van der Waals surface area contributed by atoms with E-state index in [2.05, 4.69) is 0 Å². The Bertz CT molecular complexity index is 721. The summed E-state index contributed by atoms with van der Waals surface area (Å²) in [4.78, 5) is -0.304. The average molecular weight is 307 g/mol. The van der Waals surface area contributed by atoms with Crippen molar-refractivity contribution in [3.63, 3.8) is 0 Å². The molecule has 0 spiro atoms. The SMILES string of the molecule is O=S(=O)(Cl)c1ccccc1-c1cc(F)c(F)c(F)c1. The van der Waals surface area contributed by atoms with Gasteiger partial charge in [-0.2, -0.15) is 0 Å². The first kappa shape index (κ1) is 13.9. The van der Waals surface area contributed by atoms with Crippen molar-refractivity contribution >= 4 is 19.7 Å². The second kappa shape index (κ2) is 4.86. The molecule has 2 nitrogen and oxygen atoms in total. The molecule has 0 heterocycles. The highest BCUT2D eigenvalue weighted by Crippen LogP contribution is 2.31. The molecule has 0 amide bonds. The molecule has 0 aliphatic heterocycles. The topological polar surface area (TPSA) is 34.1 Å². The molecular weight excluding hydrogens is 301 g/mol. The highest BCUT2D eigenvalue weighted by molar-refractivity contribution is 8.13. The summed E-state index contributed by atoms with van der Waals surface area (Å²) >= 11 is 0. The summed E-state index contributed by atoms with van der Waals surface area (Å²) in [5, 5.41) is 0. The van der Waals surface area contributed by atoms with Crippen LogP contribution in [0.4, 0.5) is 13.2 Å². The van der Waals surface area contributed by atoms with Crippen molar-refractivity contribution in [3.8, 4) is 11.1 Å². The molecule has 2 rings (SSSR count). The summed E-state index contributed by atoms with van der Waals surface area (Å²) in [5.41, 5.74) is -0.119. The quantitative estimate of drug-likeness (QED) is 0.626. The van der Waals surface area contributed by atoms with Crippen LogP contribution in [-0.4, -0.2) is 8.42 Å². The van der Waals surface area contributed by atoms with Crippen molar-refractivity contribution in [2.24, 2.45) is 0 Å². The molecule has 0 saturated carbocycles. The van der Waals surface area contributed by atoms with Gasteiger partial charge in [-0.05, 0) is 23.8 Å². The third-order valence-corrected chi connectivity index (χ3v) is 3.82. The second-order valence-electron chi connectivity index (χ2n) is 3.69. The largest absolute Gasteiger partial charge is 0.261 e. The fourth-order valence-corrected chi connectivity index (χ4v) is 2.72. The summed E-state index contributed by atoms with van der Waals surface area (Å²) in [6.45, 7) is 0. The first-order chi connectivity index (χ1) is 8.80. The third-order valence-electron chi connectivity index (χ3n) is 2.44. The zero-order valence-corrected chi connectivity index (χ0v) is 10.8. The van der Waals surface area contributed by atoms with E-state index in [9.17, 15) is 21.6 Å². The van der Waals surface area contributed by atoms with E-state index in [1.165, 1.54) is 24.3 Å². The number of benzene rings is 2. The summed E-state index contributed by atoms with van der Waals surface area (Å²) in [7, 11) is 1.15. The van der Waals surface area contributed by atoms with E-state index < -0.39 is 26.5 Å². The highest BCUT2D eigenvalue weighted by atomic mass is 35.7. The lowest BCUT2D eigenvalue weighted by molar-refractivity contribution is 0.447. The van der Waals surface area contributed by atoms with Crippen LogP contribution < -0.4 is 0 Å². The smallest absolute Gasteiger partial charge is 0.207 e. The van der Waals surface area contributed by atoms with E-state index in [4.69, 9.17) is 10.7 Å². The van der Waals surface area contributed by atoms with Gasteiger partial charge in [0.25, 0.3) is 9.05 Å². The minimum Gasteiger partial charge on any atom is -0.207 e. The van der Waals surface area contributed by atoms with E-state index in [0.717, 1.165) is 0 Å². The van der Waals surface area contributed by atoms with E-state index >= 15 is 0 Å². The summed E-state index contributed by atoms with van der Waals surface area (Å²) in [6, 6.07) is 6.81. The molecule has 0 N–H and O–H groups in total. The molecule has 0 radical (unpaired) electrons. The number of hydrogen-bond acceptors (Lipinski definition) is 2. The molecule has 0 fully saturated rings. The summed E-state index contributed by atoms with van der Waals surface area (Å²) < 4.78 is 61.9. The van der Waals surface area contributed by atoms with Gasteiger partial charge < -0.3 is 0 Å². The molecule has 2 aromatic rings. The van der Waals surface area contributed by atoms with Crippen LogP contribution in [0, 0.1) is 17.5 Å². The Morgan fingerprint density at radius 1 is 0.947 bits per heavy atom. The second-order valence-corrected chi connectivity index (χ2v) is 6.22. The predicted molar refractivity (Wildman–Crippen MR) is 64.8 cm³/mol. The van der Waals surface area contributed by atoms with Crippen LogP contribution in [0.2, 0.25) is 0 Å². The first-order valence-corrected chi connectivity index (χ1v) is 7.30. The van der Waals surface area contributed by atoms with Gasteiger partial charge in [-0.15, -0.1) is 0 Å². The summed E-state index contributed by atoms with van der Waals surface area (Å²) in [6.07, 6.45) is 0. The lowest BCUT2D eigenvalue weighted by atomic mass is 10.1. The van der Waals surface area contributed by atoms with Crippen LogP contribution in [0.3, 0.4) is 0 Å². The molecule has 2 aromatic carbocycles. The van der Waals surface area contributed by atoms with Crippen molar-refractivity contribution in [1.29, 1.82) is 0 Å². The van der Waals surface area contributed by atoms with Crippen LogP contribution in [0.1, 0.15) is 0 Å². The van der Waals surface area contributed by atoms with Crippen LogP contribution in [0.25, 0.3) is 11.1 Å². The lowest BCUT2D eigenvalue weighted by Crippen LogP contribution is -1.97. The van der Waals surface area contributed by atoms with Crippen molar-refractivity contribution in [1.82, 2.24) is 0 Å². The fraction of sp³-hybridized carbons (Fsp3) is 0. The summed E-state index contributed by atoms with van der Waals surface area (Å²) in [5.74, 6) is -4.43. The molecule has 100 valence electrons. The molecule has 7 heteroatoms. The van der Waals surface area contributed by atoms with Crippen molar-refractivity contribution in [2.45, 2.75) is 4.90 Å². The van der Waals surface area contributed by atoms with Crippen molar-refractivity contribution in [3.05, 3.63) is 53.8 Å². The van der Waals surface area contributed by atoms with E-state index in [0.29, 0.717) is 12.1 Å².